The summed E-state index contributed by atoms with van der Waals surface area (Å²) in [6, 6.07) is 9.12. The molecule has 0 bridgehead atoms. The number of hydrogen-bond donors (Lipinski definition) is 2. The number of aromatic nitrogens is 1. The summed E-state index contributed by atoms with van der Waals surface area (Å²) in [5.41, 5.74) is 5.27. The monoisotopic (exact) mass is 293 g/mol. The van der Waals surface area contributed by atoms with Crippen molar-refractivity contribution < 1.29 is 8.42 Å². The van der Waals surface area contributed by atoms with Crippen molar-refractivity contribution in [2.24, 2.45) is 5.84 Å². The first kappa shape index (κ1) is 14.9. The summed E-state index contributed by atoms with van der Waals surface area (Å²) in [4.78, 5) is 4.43. The zero-order valence-electron chi connectivity index (χ0n) is 11.8. The molecule has 0 fully saturated rings. The van der Waals surface area contributed by atoms with Crippen LogP contribution in [0.5, 0.6) is 0 Å². The second-order valence-electron chi connectivity index (χ2n) is 5.08. The van der Waals surface area contributed by atoms with E-state index in [4.69, 9.17) is 5.84 Å². The van der Waals surface area contributed by atoms with E-state index in [1.165, 1.54) is 6.26 Å². The maximum atomic E-state index is 11.7. The minimum absolute atomic E-state index is 0.448. The van der Waals surface area contributed by atoms with Crippen molar-refractivity contribution >= 4 is 20.7 Å². The van der Waals surface area contributed by atoms with Crippen molar-refractivity contribution in [1.82, 2.24) is 10.4 Å². The summed E-state index contributed by atoms with van der Waals surface area (Å²) >= 11 is 0. The summed E-state index contributed by atoms with van der Waals surface area (Å²) in [6.07, 6.45) is 1.22. The molecule has 2 rings (SSSR count). The average Bonchev–Trinajstić information content (AvgIpc) is 2.38. The Morgan fingerprint density at radius 1 is 1.25 bits per heavy atom. The lowest BCUT2D eigenvalue weighted by molar-refractivity contribution is 0.514. The Balaban J connectivity index is 2.48. The van der Waals surface area contributed by atoms with Gasteiger partial charge in [-0.1, -0.05) is 12.1 Å². The lowest BCUT2D eigenvalue weighted by Gasteiger charge is -2.22. The molecule has 1 heterocycles. The fourth-order valence-corrected chi connectivity index (χ4v) is 2.92. The number of aryl methyl sites for hydroxylation is 1. The van der Waals surface area contributed by atoms with E-state index in [1.807, 2.05) is 37.3 Å². The summed E-state index contributed by atoms with van der Waals surface area (Å²) in [6.45, 7) is 3.58. The van der Waals surface area contributed by atoms with Gasteiger partial charge in [-0.05, 0) is 37.6 Å². The van der Waals surface area contributed by atoms with Gasteiger partial charge in [0, 0.05) is 17.3 Å². The fraction of sp³-hybridized carbons (Fsp3) is 0.357. The van der Waals surface area contributed by atoms with E-state index in [-0.39, 0.29) is 0 Å². The van der Waals surface area contributed by atoms with Gasteiger partial charge in [-0.3, -0.25) is 16.3 Å². The molecule has 0 saturated heterocycles. The van der Waals surface area contributed by atoms with Gasteiger partial charge >= 0.3 is 0 Å². The Morgan fingerprint density at radius 3 is 2.55 bits per heavy atom. The summed E-state index contributed by atoms with van der Waals surface area (Å²) < 4.78 is 23.4. The van der Waals surface area contributed by atoms with Gasteiger partial charge in [-0.15, -0.1) is 0 Å². The number of sulfone groups is 1. The summed E-state index contributed by atoms with van der Waals surface area (Å²) in [5.74, 6) is 5.54. The first-order chi connectivity index (χ1) is 9.32. The van der Waals surface area contributed by atoms with Crippen molar-refractivity contribution in [3.8, 4) is 0 Å². The Hall–Kier alpha value is -1.50. The van der Waals surface area contributed by atoms with Gasteiger partial charge < -0.3 is 0 Å². The van der Waals surface area contributed by atoms with E-state index in [0.717, 1.165) is 22.2 Å². The van der Waals surface area contributed by atoms with E-state index >= 15 is 0 Å². The van der Waals surface area contributed by atoms with Crippen LogP contribution in [0.1, 0.15) is 24.2 Å². The standard InChI is InChI=1S/C14H19N3O2S/c1-9-4-5-11-8-12(6-7-13(11)16-9)14(17-15)10(2)20(3,18)19/h4-8,10,14,17H,15H2,1-3H3. The molecule has 0 amide bonds. The largest absolute Gasteiger partial charge is 0.271 e. The van der Waals surface area contributed by atoms with Crippen LogP contribution in [-0.2, 0) is 9.84 Å². The number of fused-ring (bicyclic) bond motifs is 1. The predicted octanol–water partition coefficient (Wildman–Crippen LogP) is 1.48. The van der Waals surface area contributed by atoms with Crippen LogP contribution in [0.25, 0.3) is 10.9 Å². The Labute approximate surface area is 119 Å². The number of nitrogens with zero attached hydrogens (tertiary/aromatic N) is 1. The van der Waals surface area contributed by atoms with Crippen LogP contribution in [0, 0.1) is 6.92 Å². The maximum Gasteiger partial charge on any atom is 0.151 e. The molecule has 0 aliphatic rings. The molecule has 3 N–H and O–H groups in total. The topological polar surface area (TPSA) is 85.1 Å². The SMILES string of the molecule is Cc1ccc2cc(C(NN)C(C)S(C)(=O)=O)ccc2n1. The zero-order chi connectivity index (χ0) is 14.9. The van der Waals surface area contributed by atoms with Gasteiger partial charge in [0.25, 0.3) is 0 Å². The number of pyridine rings is 1. The molecule has 2 atom stereocenters. The molecular weight excluding hydrogens is 274 g/mol. The van der Waals surface area contributed by atoms with Gasteiger partial charge in [0.05, 0.1) is 16.8 Å². The molecule has 0 radical (unpaired) electrons. The first-order valence-electron chi connectivity index (χ1n) is 6.35. The molecule has 1 aromatic heterocycles. The second kappa shape index (κ2) is 5.47. The van der Waals surface area contributed by atoms with Gasteiger partial charge in [0.15, 0.2) is 9.84 Å². The molecule has 0 aliphatic heterocycles. The lowest BCUT2D eigenvalue weighted by Crippen LogP contribution is -2.38. The summed E-state index contributed by atoms with van der Waals surface area (Å²) in [7, 11) is -3.18. The van der Waals surface area contributed by atoms with Crippen LogP contribution >= 0.6 is 0 Å². The van der Waals surface area contributed by atoms with Gasteiger partial charge in [-0.2, -0.15) is 0 Å². The molecule has 0 saturated carbocycles. The van der Waals surface area contributed by atoms with Crippen LogP contribution in [0.15, 0.2) is 30.3 Å². The van der Waals surface area contributed by atoms with Crippen molar-refractivity contribution in [3.05, 3.63) is 41.6 Å². The lowest BCUT2D eigenvalue weighted by atomic mass is 10.0. The highest BCUT2D eigenvalue weighted by atomic mass is 32.2. The average molecular weight is 293 g/mol. The molecule has 6 heteroatoms. The van der Waals surface area contributed by atoms with E-state index < -0.39 is 21.1 Å². The van der Waals surface area contributed by atoms with E-state index in [9.17, 15) is 8.42 Å². The van der Waals surface area contributed by atoms with E-state index in [1.54, 1.807) is 6.92 Å². The third kappa shape index (κ3) is 2.98. The van der Waals surface area contributed by atoms with Gasteiger partial charge in [0.2, 0.25) is 0 Å². The highest BCUT2D eigenvalue weighted by Gasteiger charge is 2.26. The molecule has 0 spiro atoms. The highest BCUT2D eigenvalue weighted by Crippen LogP contribution is 2.24. The Bertz CT molecular complexity index is 728. The normalized spacial score (nSPS) is 15.2. The smallest absolute Gasteiger partial charge is 0.151 e. The number of rotatable bonds is 4. The highest BCUT2D eigenvalue weighted by molar-refractivity contribution is 7.91. The number of benzene rings is 1. The number of nitrogens with one attached hydrogen (secondary N) is 1. The number of hydrazine groups is 1. The molecule has 0 aliphatic carbocycles. The van der Waals surface area contributed by atoms with Crippen LogP contribution < -0.4 is 11.3 Å². The number of nitrogens with two attached hydrogens (primary N) is 1. The molecular formula is C14H19N3O2S. The van der Waals surface area contributed by atoms with E-state index in [0.29, 0.717) is 0 Å². The van der Waals surface area contributed by atoms with Crippen molar-refractivity contribution in [2.45, 2.75) is 25.1 Å². The first-order valence-corrected chi connectivity index (χ1v) is 8.30. The van der Waals surface area contributed by atoms with Crippen LogP contribution in [-0.4, -0.2) is 24.9 Å². The molecule has 2 unspecified atom stereocenters. The molecule has 108 valence electrons. The molecule has 1 aromatic carbocycles. The third-order valence-electron chi connectivity index (χ3n) is 3.54. The Kier molecular flexibility index (Phi) is 4.08. The van der Waals surface area contributed by atoms with Crippen LogP contribution in [0.4, 0.5) is 0 Å². The van der Waals surface area contributed by atoms with E-state index in [2.05, 4.69) is 10.4 Å². The minimum atomic E-state index is -3.18. The molecule has 2 aromatic rings. The second-order valence-corrected chi connectivity index (χ2v) is 7.49. The third-order valence-corrected chi connectivity index (χ3v) is 5.16. The maximum absolute atomic E-state index is 11.7. The van der Waals surface area contributed by atoms with Gasteiger partial charge in [-0.25, -0.2) is 8.42 Å². The van der Waals surface area contributed by atoms with Crippen LogP contribution in [0.2, 0.25) is 0 Å². The van der Waals surface area contributed by atoms with Crippen molar-refractivity contribution in [3.63, 3.8) is 0 Å². The zero-order valence-corrected chi connectivity index (χ0v) is 12.6. The predicted molar refractivity (Wildman–Crippen MR) is 80.8 cm³/mol. The minimum Gasteiger partial charge on any atom is -0.271 e. The Morgan fingerprint density at radius 2 is 1.95 bits per heavy atom. The quantitative estimate of drug-likeness (QED) is 0.659. The van der Waals surface area contributed by atoms with Gasteiger partial charge in [0.1, 0.15) is 0 Å². The van der Waals surface area contributed by atoms with Crippen molar-refractivity contribution in [1.29, 1.82) is 0 Å². The summed E-state index contributed by atoms with van der Waals surface area (Å²) in [5, 5.41) is 0.359. The molecule has 5 nitrogen and oxygen atoms in total. The van der Waals surface area contributed by atoms with Crippen molar-refractivity contribution in [2.75, 3.05) is 6.26 Å². The molecule has 20 heavy (non-hydrogen) atoms. The fourth-order valence-electron chi connectivity index (χ4n) is 2.19. The number of hydrogen-bond acceptors (Lipinski definition) is 5. The van der Waals surface area contributed by atoms with Crippen LogP contribution in [0.3, 0.4) is 0 Å².